The number of fused-ring (bicyclic) bond motifs is 1. The first-order valence-electron chi connectivity index (χ1n) is 6.38. The zero-order valence-corrected chi connectivity index (χ0v) is 11.3. The summed E-state index contributed by atoms with van der Waals surface area (Å²) in [4.78, 5) is 3.98. The van der Waals surface area contributed by atoms with Crippen LogP contribution in [0, 0.1) is 0 Å². The number of alkyl halides is 6. The monoisotopic (exact) mass is 330 g/mol. The van der Waals surface area contributed by atoms with Crippen LogP contribution in [0.15, 0.2) is 48.8 Å². The summed E-state index contributed by atoms with van der Waals surface area (Å²) in [6, 6.07) is 6.19. The van der Waals surface area contributed by atoms with Gasteiger partial charge in [-0.2, -0.15) is 26.3 Å². The van der Waals surface area contributed by atoms with Crippen molar-refractivity contribution >= 4 is 5.65 Å². The molecular formula is C15H8F6N2. The molecule has 2 nitrogen and oxygen atoms in total. The van der Waals surface area contributed by atoms with E-state index >= 15 is 0 Å². The van der Waals surface area contributed by atoms with Gasteiger partial charge in [-0.3, -0.25) is 0 Å². The lowest BCUT2D eigenvalue weighted by Crippen LogP contribution is -2.05. The number of pyridine rings is 1. The average Bonchev–Trinajstić information content (AvgIpc) is 2.88. The molecule has 0 saturated heterocycles. The Morgan fingerprint density at radius 2 is 1.48 bits per heavy atom. The maximum Gasteiger partial charge on any atom is 0.416 e. The van der Waals surface area contributed by atoms with Gasteiger partial charge in [0.1, 0.15) is 5.65 Å². The Balaban J connectivity index is 2.07. The van der Waals surface area contributed by atoms with Gasteiger partial charge in [0.05, 0.1) is 16.8 Å². The van der Waals surface area contributed by atoms with Gasteiger partial charge in [0.25, 0.3) is 0 Å². The third kappa shape index (κ3) is 3.01. The lowest BCUT2D eigenvalue weighted by Gasteiger charge is -2.07. The summed E-state index contributed by atoms with van der Waals surface area (Å²) in [5, 5.41) is 0. The molecule has 0 amide bonds. The second kappa shape index (κ2) is 5.00. The molecule has 0 N–H and O–H groups in total. The quantitative estimate of drug-likeness (QED) is 0.572. The van der Waals surface area contributed by atoms with Crippen molar-refractivity contribution in [3.8, 4) is 11.3 Å². The number of rotatable bonds is 1. The zero-order valence-electron chi connectivity index (χ0n) is 11.3. The topological polar surface area (TPSA) is 17.3 Å². The summed E-state index contributed by atoms with van der Waals surface area (Å²) >= 11 is 0. The molecule has 8 heteroatoms. The first-order chi connectivity index (χ1) is 10.6. The minimum absolute atomic E-state index is 0.00670. The first kappa shape index (κ1) is 15.4. The van der Waals surface area contributed by atoms with Crippen LogP contribution < -0.4 is 0 Å². The predicted molar refractivity (Wildman–Crippen MR) is 70.6 cm³/mol. The highest BCUT2D eigenvalue weighted by Crippen LogP contribution is 2.33. The Labute approximate surface area is 126 Å². The summed E-state index contributed by atoms with van der Waals surface area (Å²) in [5.41, 5.74) is -1.37. The fourth-order valence-corrected chi connectivity index (χ4v) is 2.15. The maximum atomic E-state index is 12.7. The summed E-state index contributed by atoms with van der Waals surface area (Å²) in [7, 11) is 0. The van der Waals surface area contributed by atoms with Gasteiger partial charge >= 0.3 is 12.4 Å². The first-order valence-corrected chi connectivity index (χ1v) is 6.38. The smallest absolute Gasteiger partial charge is 0.306 e. The Kier molecular flexibility index (Phi) is 3.35. The van der Waals surface area contributed by atoms with Crippen molar-refractivity contribution in [2.24, 2.45) is 0 Å². The van der Waals surface area contributed by atoms with Crippen molar-refractivity contribution in [2.75, 3.05) is 0 Å². The highest BCUT2D eigenvalue weighted by Gasteiger charge is 2.31. The summed E-state index contributed by atoms with van der Waals surface area (Å²) in [5.74, 6) is 0. The van der Waals surface area contributed by atoms with E-state index in [1.165, 1.54) is 28.9 Å². The molecule has 0 spiro atoms. The Morgan fingerprint density at radius 3 is 2.13 bits per heavy atom. The Morgan fingerprint density at radius 1 is 0.826 bits per heavy atom. The normalized spacial score (nSPS) is 12.8. The highest BCUT2D eigenvalue weighted by molar-refractivity contribution is 5.64. The van der Waals surface area contributed by atoms with E-state index in [1.807, 2.05) is 0 Å². The number of nitrogens with zero attached hydrogens (tertiary/aromatic N) is 2. The van der Waals surface area contributed by atoms with E-state index in [4.69, 9.17) is 0 Å². The molecule has 3 rings (SSSR count). The largest absolute Gasteiger partial charge is 0.416 e. The van der Waals surface area contributed by atoms with Crippen molar-refractivity contribution in [1.82, 2.24) is 9.38 Å². The van der Waals surface area contributed by atoms with Crippen LogP contribution in [0.2, 0.25) is 0 Å². The number of aromatic nitrogens is 2. The standard InChI is InChI=1S/C15H8F6N2/c16-14(17,18)10-3-1-2-9(6-10)12-8-23-5-4-11(15(19,20)21)7-13(23)22-12/h1-8H. The molecule has 0 fully saturated rings. The van der Waals surface area contributed by atoms with Crippen molar-refractivity contribution in [3.63, 3.8) is 0 Å². The molecule has 23 heavy (non-hydrogen) atoms. The fourth-order valence-electron chi connectivity index (χ4n) is 2.15. The van der Waals surface area contributed by atoms with Gasteiger partial charge in [-0.25, -0.2) is 4.98 Å². The van der Waals surface area contributed by atoms with E-state index in [1.54, 1.807) is 0 Å². The molecular weight excluding hydrogens is 322 g/mol. The van der Waals surface area contributed by atoms with Crippen LogP contribution in [-0.2, 0) is 12.4 Å². The molecule has 0 bridgehead atoms. The molecule has 2 aromatic heterocycles. The average molecular weight is 330 g/mol. The molecule has 0 unspecified atom stereocenters. The SMILES string of the molecule is FC(F)(F)c1cccc(-c2cn3ccc(C(F)(F)F)cc3n2)c1. The molecule has 0 radical (unpaired) electrons. The van der Waals surface area contributed by atoms with Crippen LogP contribution in [0.3, 0.4) is 0 Å². The predicted octanol–water partition coefficient (Wildman–Crippen LogP) is 5.04. The Hall–Kier alpha value is -2.51. The zero-order chi connectivity index (χ0) is 16.8. The van der Waals surface area contributed by atoms with Gasteiger partial charge in [-0.15, -0.1) is 0 Å². The number of halogens is 6. The number of imidazole rings is 1. The molecule has 0 atom stereocenters. The molecule has 2 heterocycles. The highest BCUT2D eigenvalue weighted by atomic mass is 19.4. The third-order valence-corrected chi connectivity index (χ3v) is 3.27. The second-order valence-electron chi connectivity index (χ2n) is 4.88. The van der Waals surface area contributed by atoms with Gasteiger partial charge in [-0.05, 0) is 24.3 Å². The van der Waals surface area contributed by atoms with E-state index in [9.17, 15) is 26.3 Å². The lowest BCUT2D eigenvalue weighted by atomic mass is 10.1. The molecule has 120 valence electrons. The van der Waals surface area contributed by atoms with Gasteiger partial charge < -0.3 is 4.40 Å². The molecule has 0 aliphatic carbocycles. The molecule has 0 aliphatic heterocycles. The molecule has 0 aliphatic rings. The fraction of sp³-hybridized carbons (Fsp3) is 0.133. The number of hydrogen-bond acceptors (Lipinski definition) is 1. The number of hydrogen-bond donors (Lipinski definition) is 0. The van der Waals surface area contributed by atoms with E-state index in [2.05, 4.69) is 4.98 Å². The number of benzene rings is 1. The van der Waals surface area contributed by atoms with Crippen LogP contribution in [0.25, 0.3) is 16.9 Å². The summed E-state index contributed by atoms with van der Waals surface area (Å²) in [6.07, 6.45) is -6.46. The van der Waals surface area contributed by atoms with Gasteiger partial charge in [0.15, 0.2) is 0 Å². The van der Waals surface area contributed by atoms with Crippen LogP contribution in [0.1, 0.15) is 11.1 Å². The van der Waals surface area contributed by atoms with Crippen LogP contribution in [0.4, 0.5) is 26.3 Å². The molecule has 0 saturated carbocycles. The van der Waals surface area contributed by atoms with Crippen molar-refractivity contribution < 1.29 is 26.3 Å². The summed E-state index contributed by atoms with van der Waals surface area (Å²) < 4.78 is 77.5. The summed E-state index contributed by atoms with van der Waals surface area (Å²) in [6.45, 7) is 0. The minimum Gasteiger partial charge on any atom is -0.306 e. The second-order valence-corrected chi connectivity index (χ2v) is 4.88. The van der Waals surface area contributed by atoms with Gasteiger partial charge in [0.2, 0.25) is 0 Å². The van der Waals surface area contributed by atoms with Crippen molar-refractivity contribution in [3.05, 3.63) is 59.9 Å². The van der Waals surface area contributed by atoms with Crippen LogP contribution in [-0.4, -0.2) is 9.38 Å². The minimum atomic E-state index is -4.51. The van der Waals surface area contributed by atoms with Gasteiger partial charge in [0, 0.05) is 18.0 Å². The van der Waals surface area contributed by atoms with E-state index in [0.717, 1.165) is 24.3 Å². The van der Waals surface area contributed by atoms with Crippen molar-refractivity contribution in [1.29, 1.82) is 0 Å². The van der Waals surface area contributed by atoms with Crippen molar-refractivity contribution in [2.45, 2.75) is 12.4 Å². The molecule has 1 aromatic carbocycles. The van der Waals surface area contributed by atoms with E-state index in [-0.39, 0.29) is 16.9 Å². The molecule has 3 aromatic rings. The Bertz CT molecular complexity index is 860. The van der Waals surface area contributed by atoms with Crippen LogP contribution >= 0.6 is 0 Å². The third-order valence-electron chi connectivity index (χ3n) is 3.27. The van der Waals surface area contributed by atoms with E-state index < -0.39 is 23.5 Å². The van der Waals surface area contributed by atoms with Crippen LogP contribution in [0.5, 0.6) is 0 Å². The maximum absolute atomic E-state index is 12.7. The lowest BCUT2D eigenvalue weighted by molar-refractivity contribution is -0.138. The van der Waals surface area contributed by atoms with Gasteiger partial charge in [-0.1, -0.05) is 12.1 Å². The van der Waals surface area contributed by atoms with E-state index in [0.29, 0.717) is 0 Å².